The molecule has 0 saturated carbocycles. The number of hydrogen-bond acceptors (Lipinski definition) is 3. The van der Waals surface area contributed by atoms with Gasteiger partial charge in [0.2, 0.25) is 11.8 Å². The predicted molar refractivity (Wildman–Crippen MR) is 42.0 cm³/mol. The zero-order chi connectivity index (χ0) is 9.02. The standard InChI is InChI=1S/C7H14N2O2/c1-5(9(3)4)7(11)8-6(2)10/h5H,1-4H3,(H,8,10,11). The Morgan fingerprint density at radius 3 is 2.09 bits per heavy atom. The third kappa shape index (κ3) is 3.72. The number of carbonyl (C=O) groups excluding carboxylic acids is 2. The summed E-state index contributed by atoms with van der Waals surface area (Å²) in [5.41, 5.74) is 0. The van der Waals surface area contributed by atoms with Gasteiger partial charge in [0.15, 0.2) is 0 Å². The lowest BCUT2D eigenvalue weighted by Crippen LogP contribution is -2.43. The monoisotopic (exact) mass is 158 g/mol. The molecule has 0 spiro atoms. The van der Waals surface area contributed by atoms with Gasteiger partial charge in [0.1, 0.15) is 0 Å². The molecule has 1 atom stereocenters. The van der Waals surface area contributed by atoms with Crippen LogP contribution in [0.4, 0.5) is 0 Å². The summed E-state index contributed by atoms with van der Waals surface area (Å²) in [6, 6.07) is -0.265. The van der Waals surface area contributed by atoms with Crippen molar-refractivity contribution in [3.8, 4) is 0 Å². The topological polar surface area (TPSA) is 49.4 Å². The maximum atomic E-state index is 11.0. The second kappa shape index (κ2) is 4.08. The van der Waals surface area contributed by atoms with Crippen molar-refractivity contribution < 1.29 is 9.59 Å². The number of nitrogens with one attached hydrogen (secondary N) is 1. The number of likely N-dealkylation sites (N-methyl/N-ethyl adjacent to an activating group) is 1. The average molecular weight is 158 g/mol. The Bertz CT molecular complexity index is 166. The van der Waals surface area contributed by atoms with Crippen molar-refractivity contribution in [2.75, 3.05) is 14.1 Å². The van der Waals surface area contributed by atoms with E-state index in [9.17, 15) is 9.59 Å². The summed E-state index contributed by atoms with van der Waals surface area (Å²) >= 11 is 0. The Morgan fingerprint density at radius 2 is 1.82 bits per heavy atom. The first-order chi connectivity index (χ1) is 4.95. The first-order valence-electron chi connectivity index (χ1n) is 3.43. The number of nitrogens with zero attached hydrogens (tertiary/aromatic N) is 1. The molecule has 0 rings (SSSR count). The normalized spacial score (nSPS) is 12.8. The molecule has 0 aromatic heterocycles. The van der Waals surface area contributed by atoms with Gasteiger partial charge in [0.05, 0.1) is 6.04 Å². The highest BCUT2D eigenvalue weighted by Crippen LogP contribution is 1.89. The van der Waals surface area contributed by atoms with E-state index in [0.717, 1.165) is 0 Å². The van der Waals surface area contributed by atoms with Gasteiger partial charge in [0.25, 0.3) is 0 Å². The van der Waals surface area contributed by atoms with Gasteiger partial charge in [-0.05, 0) is 21.0 Å². The van der Waals surface area contributed by atoms with Crippen LogP contribution >= 0.6 is 0 Å². The van der Waals surface area contributed by atoms with Gasteiger partial charge in [-0.3, -0.25) is 19.8 Å². The van der Waals surface area contributed by atoms with Crippen molar-refractivity contribution >= 4 is 11.8 Å². The van der Waals surface area contributed by atoms with Crippen LogP contribution in [0.25, 0.3) is 0 Å². The zero-order valence-electron chi connectivity index (χ0n) is 7.34. The third-order valence-corrected chi connectivity index (χ3v) is 1.45. The summed E-state index contributed by atoms with van der Waals surface area (Å²) in [5, 5.41) is 2.20. The highest BCUT2D eigenvalue weighted by atomic mass is 16.2. The molecule has 0 saturated heterocycles. The minimum absolute atomic E-state index is 0.262. The number of amides is 2. The van der Waals surface area contributed by atoms with Crippen LogP contribution in [0, 0.1) is 0 Å². The SMILES string of the molecule is CC(=O)NC(=O)C(C)N(C)C. The van der Waals surface area contributed by atoms with E-state index in [4.69, 9.17) is 0 Å². The second-order valence-electron chi connectivity index (χ2n) is 2.69. The minimum Gasteiger partial charge on any atom is -0.298 e. The summed E-state index contributed by atoms with van der Waals surface area (Å²) in [7, 11) is 3.56. The lowest BCUT2D eigenvalue weighted by molar-refractivity contribution is -0.131. The summed E-state index contributed by atoms with van der Waals surface area (Å²) < 4.78 is 0. The quantitative estimate of drug-likeness (QED) is 0.595. The zero-order valence-corrected chi connectivity index (χ0v) is 7.34. The number of carbonyl (C=O) groups is 2. The molecule has 0 radical (unpaired) electrons. The van der Waals surface area contributed by atoms with Gasteiger partial charge < -0.3 is 0 Å². The lowest BCUT2D eigenvalue weighted by atomic mass is 10.3. The molecule has 4 nitrogen and oxygen atoms in total. The van der Waals surface area contributed by atoms with E-state index in [2.05, 4.69) is 5.32 Å². The fraction of sp³-hybridized carbons (Fsp3) is 0.714. The molecule has 0 heterocycles. The first-order valence-corrected chi connectivity index (χ1v) is 3.43. The summed E-state index contributed by atoms with van der Waals surface area (Å²) in [4.78, 5) is 23.2. The Hall–Kier alpha value is -0.900. The molecule has 0 aliphatic heterocycles. The fourth-order valence-corrected chi connectivity index (χ4v) is 0.512. The third-order valence-electron chi connectivity index (χ3n) is 1.45. The molecule has 1 unspecified atom stereocenters. The smallest absolute Gasteiger partial charge is 0.243 e. The molecule has 0 aromatic rings. The van der Waals surface area contributed by atoms with Crippen molar-refractivity contribution in [2.45, 2.75) is 19.9 Å². The number of rotatable bonds is 2. The molecular formula is C7H14N2O2. The van der Waals surface area contributed by atoms with Gasteiger partial charge in [-0.25, -0.2) is 0 Å². The Morgan fingerprint density at radius 1 is 1.36 bits per heavy atom. The van der Waals surface area contributed by atoms with Crippen molar-refractivity contribution in [1.82, 2.24) is 10.2 Å². The molecule has 0 aliphatic carbocycles. The maximum Gasteiger partial charge on any atom is 0.243 e. The molecule has 4 heteroatoms. The van der Waals surface area contributed by atoms with E-state index < -0.39 is 0 Å². The van der Waals surface area contributed by atoms with Crippen molar-refractivity contribution in [3.05, 3.63) is 0 Å². The maximum absolute atomic E-state index is 11.0. The van der Waals surface area contributed by atoms with E-state index in [1.165, 1.54) is 6.92 Å². The van der Waals surface area contributed by atoms with Crippen molar-refractivity contribution in [1.29, 1.82) is 0 Å². The Kier molecular flexibility index (Phi) is 3.74. The van der Waals surface area contributed by atoms with Gasteiger partial charge in [-0.1, -0.05) is 0 Å². The number of imide groups is 1. The van der Waals surface area contributed by atoms with Gasteiger partial charge in [-0.15, -0.1) is 0 Å². The van der Waals surface area contributed by atoms with Crippen molar-refractivity contribution in [2.24, 2.45) is 0 Å². The summed E-state index contributed by atoms with van der Waals surface area (Å²) in [5.74, 6) is -0.578. The molecule has 0 aromatic carbocycles. The van der Waals surface area contributed by atoms with Crippen LogP contribution in [0.1, 0.15) is 13.8 Å². The first kappa shape index (κ1) is 10.1. The lowest BCUT2D eigenvalue weighted by Gasteiger charge is -2.17. The molecule has 11 heavy (non-hydrogen) atoms. The van der Waals surface area contributed by atoms with Crippen LogP contribution in [-0.4, -0.2) is 36.9 Å². The molecule has 64 valence electrons. The summed E-state index contributed by atoms with van der Waals surface area (Å²) in [6.07, 6.45) is 0. The van der Waals surface area contributed by atoms with Crippen molar-refractivity contribution in [3.63, 3.8) is 0 Å². The number of hydrogen-bond donors (Lipinski definition) is 1. The largest absolute Gasteiger partial charge is 0.298 e. The Labute approximate surface area is 66.6 Å². The molecular weight excluding hydrogens is 144 g/mol. The van der Waals surface area contributed by atoms with Crippen LogP contribution in [0.15, 0.2) is 0 Å². The van der Waals surface area contributed by atoms with Gasteiger partial charge in [-0.2, -0.15) is 0 Å². The average Bonchev–Trinajstić information content (AvgIpc) is 1.84. The molecule has 0 aliphatic rings. The van der Waals surface area contributed by atoms with Crippen LogP contribution in [-0.2, 0) is 9.59 Å². The summed E-state index contributed by atoms with van der Waals surface area (Å²) in [6.45, 7) is 3.05. The van der Waals surface area contributed by atoms with Crippen LogP contribution in [0.3, 0.4) is 0 Å². The fourth-order valence-electron chi connectivity index (χ4n) is 0.512. The van der Waals surface area contributed by atoms with Crippen LogP contribution in [0.2, 0.25) is 0 Å². The molecule has 0 fully saturated rings. The highest BCUT2D eigenvalue weighted by Gasteiger charge is 2.14. The van der Waals surface area contributed by atoms with E-state index in [0.29, 0.717) is 0 Å². The van der Waals surface area contributed by atoms with Gasteiger partial charge in [0, 0.05) is 6.92 Å². The van der Waals surface area contributed by atoms with E-state index in [1.54, 1.807) is 25.9 Å². The van der Waals surface area contributed by atoms with Crippen LogP contribution in [0.5, 0.6) is 0 Å². The molecule has 1 N–H and O–H groups in total. The molecule has 0 bridgehead atoms. The Balaban J connectivity index is 3.93. The van der Waals surface area contributed by atoms with E-state index in [-0.39, 0.29) is 17.9 Å². The highest BCUT2D eigenvalue weighted by molar-refractivity contribution is 5.96. The minimum atomic E-state index is -0.316. The van der Waals surface area contributed by atoms with Crippen LogP contribution < -0.4 is 5.32 Å². The molecule has 2 amide bonds. The predicted octanol–water partition coefficient (Wildman–Crippen LogP) is -0.401. The van der Waals surface area contributed by atoms with E-state index >= 15 is 0 Å². The van der Waals surface area contributed by atoms with Gasteiger partial charge >= 0.3 is 0 Å². The van der Waals surface area contributed by atoms with E-state index in [1.807, 2.05) is 0 Å². The second-order valence-corrected chi connectivity index (χ2v) is 2.69.